The van der Waals surface area contributed by atoms with E-state index in [2.05, 4.69) is 5.32 Å². The van der Waals surface area contributed by atoms with Crippen LogP contribution in [0.4, 0.5) is 5.69 Å². The number of nitrogens with one attached hydrogen (secondary N) is 1. The van der Waals surface area contributed by atoms with Crippen LogP contribution in [-0.2, 0) is 26.2 Å². The molecule has 2 amide bonds. The lowest BCUT2D eigenvalue weighted by atomic mass is 10.1. The van der Waals surface area contributed by atoms with Gasteiger partial charge in [-0.25, -0.2) is 8.42 Å². The van der Waals surface area contributed by atoms with Gasteiger partial charge in [-0.05, 0) is 68.5 Å². The third-order valence-electron chi connectivity index (χ3n) is 6.58. The van der Waals surface area contributed by atoms with Gasteiger partial charge in [-0.15, -0.1) is 0 Å². The molecule has 0 spiro atoms. The second kappa shape index (κ2) is 12.6. The summed E-state index contributed by atoms with van der Waals surface area (Å²) in [5.41, 5.74) is 2.39. The van der Waals surface area contributed by atoms with Gasteiger partial charge in [-0.1, -0.05) is 48.7 Å². The Balaban J connectivity index is 1.71. The van der Waals surface area contributed by atoms with Crippen LogP contribution in [0.3, 0.4) is 0 Å². The zero-order valence-electron chi connectivity index (χ0n) is 21.2. The molecule has 196 valence electrons. The summed E-state index contributed by atoms with van der Waals surface area (Å²) in [6, 6.07) is 14.0. The average molecular weight is 534 g/mol. The fourth-order valence-electron chi connectivity index (χ4n) is 4.55. The van der Waals surface area contributed by atoms with Gasteiger partial charge in [0.25, 0.3) is 0 Å². The van der Waals surface area contributed by atoms with Crippen molar-refractivity contribution >= 4 is 39.1 Å². The zero-order chi connectivity index (χ0) is 26.3. The summed E-state index contributed by atoms with van der Waals surface area (Å²) in [5.74, 6) is -0.363. The summed E-state index contributed by atoms with van der Waals surface area (Å²) < 4.78 is 26.2. The van der Waals surface area contributed by atoms with Crippen LogP contribution in [0, 0.1) is 6.92 Å². The highest BCUT2D eigenvalue weighted by atomic mass is 35.5. The van der Waals surface area contributed by atoms with E-state index < -0.39 is 16.1 Å². The van der Waals surface area contributed by atoms with E-state index in [1.807, 2.05) is 37.3 Å². The highest BCUT2D eigenvalue weighted by Gasteiger charge is 2.28. The van der Waals surface area contributed by atoms with E-state index in [4.69, 9.17) is 11.6 Å². The van der Waals surface area contributed by atoms with Crippen LogP contribution in [0.5, 0.6) is 0 Å². The highest BCUT2D eigenvalue weighted by molar-refractivity contribution is 7.92. The van der Waals surface area contributed by atoms with Crippen LogP contribution in [0.25, 0.3) is 0 Å². The summed E-state index contributed by atoms with van der Waals surface area (Å²) in [6.07, 6.45) is 5.74. The lowest BCUT2D eigenvalue weighted by Gasteiger charge is -2.30. The maximum absolute atomic E-state index is 13.4. The molecule has 1 saturated carbocycles. The van der Waals surface area contributed by atoms with Gasteiger partial charge in [-0.2, -0.15) is 0 Å². The zero-order valence-corrected chi connectivity index (χ0v) is 22.8. The molecule has 1 N–H and O–H groups in total. The number of anilines is 1. The van der Waals surface area contributed by atoms with Gasteiger partial charge >= 0.3 is 0 Å². The molecule has 0 saturated heterocycles. The molecule has 1 aliphatic carbocycles. The van der Waals surface area contributed by atoms with Crippen molar-refractivity contribution < 1.29 is 18.0 Å². The van der Waals surface area contributed by atoms with Gasteiger partial charge < -0.3 is 10.2 Å². The highest BCUT2D eigenvalue weighted by Crippen LogP contribution is 2.21. The van der Waals surface area contributed by atoms with E-state index in [0.29, 0.717) is 17.1 Å². The summed E-state index contributed by atoms with van der Waals surface area (Å²) in [4.78, 5) is 28.0. The molecule has 2 aromatic rings. The number of hydrogen-bond acceptors (Lipinski definition) is 4. The first-order chi connectivity index (χ1) is 17.0. The van der Waals surface area contributed by atoms with Gasteiger partial charge in [0.05, 0.1) is 11.9 Å². The van der Waals surface area contributed by atoms with Crippen molar-refractivity contribution in [2.24, 2.45) is 0 Å². The molecule has 1 unspecified atom stereocenters. The Morgan fingerprint density at radius 1 is 1.11 bits per heavy atom. The Labute approximate surface area is 219 Å². The first-order valence-corrected chi connectivity index (χ1v) is 14.7. The van der Waals surface area contributed by atoms with Gasteiger partial charge in [-0.3, -0.25) is 13.9 Å². The molecule has 36 heavy (non-hydrogen) atoms. The van der Waals surface area contributed by atoms with Gasteiger partial charge in [0.2, 0.25) is 21.8 Å². The van der Waals surface area contributed by atoms with Gasteiger partial charge in [0, 0.05) is 30.6 Å². The van der Waals surface area contributed by atoms with Crippen molar-refractivity contribution in [3.05, 3.63) is 64.7 Å². The largest absolute Gasteiger partial charge is 0.352 e. The molecule has 0 radical (unpaired) electrons. The molecule has 1 aliphatic rings. The molecular formula is C27H36ClN3O4S. The van der Waals surface area contributed by atoms with Crippen molar-refractivity contribution in [3.63, 3.8) is 0 Å². The molecule has 0 aromatic heterocycles. The molecule has 0 heterocycles. The minimum Gasteiger partial charge on any atom is -0.352 e. The third-order valence-corrected chi connectivity index (χ3v) is 8.02. The van der Waals surface area contributed by atoms with Crippen LogP contribution >= 0.6 is 11.6 Å². The molecular weight excluding hydrogens is 498 g/mol. The summed E-state index contributed by atoms with van der Waals surface area (Å²) in [6.45, 7) is 4.09. The number of carbonyl (C=O) groups excluding carboxylic acids is 2. The van der Waals surface area contributed by atoms with Crippen LogP contribution in [-0.4, -0.2) is 50.0 Å². The Morgan fingerprint density at radius 2 is 1.78 bits per heavy atom. The number of aryl methyl sites for hydroxylation is 1. The number of rotatable bonds is 11. The molecule has 1 atom stereocenters. The number of carbonyl (C=O) groups is 2. The van der Waals surface area contributed by atoms with E-state index in [-0.39, 0.29) is 37.4 Å². The van der Waals surface area contributed by atoms with Gasteiger partial charge in [0.1, 0.15) is 6.04 Å². The monoisotopic (exact) mass is 533 g/mol. The summed E-state index contributed by atoms with van der Waals surface area (Å²) in [7, 11) is -3.52. The molecule has 9 heteroatoms. The summed E-state index contributed by atoms with van der Waals surface area (Å²) in [5, 5.41) is 3.69. The lowest BCUT2D eigenvalue weighted by Crippen LogP contribution is -2.49. The van der Waals surface area contributed by atoms with Crippen LogP contribution in [0.1, 0.15) is 56.6 Å². The Morgan fingerprint density at radius 3 is 2.39 bits per heavy atom. The van der Waals surface area contributed by atoms with Crippen LogP contribution < -0.4 is 9.62 Å². The van der Waals surface area contributed by atoms with Crippen molar-refractivity contribution in [3.8, 4) is 0 Å². The minimum absolute atomic E-state index is 0.118. The molecule has 0 bridgehead atoms. The fraction of sp³-hybridized carbons (Fsp3) is 0.481. The number of amides is 2. The first kappa shape index (κ1) is 28.0. The normalized spacial score (nSPS) is 14.9. The Kier molecular flexibility index (Phi) is 9.79. The second-order valence-corrected chi connectivity index (χ2v) is 11.9. The lowest BCUT2D eigenvalue weighted by molar-refractivity contribution is -0.141. The Hall–Kier alpha value is -2.58. The average Bonchev–Trinajstić information content (AvgIpc) is 3.33. The maximum atomic E-state index is 13.4. The molecule has 1 fully saturated rings. The third kappa shape index (κ3) is 7.96. The van der Waals surface area contributed by atoms with Crippen molar-refractivity contribution in [2.45, 2.75) is 71.0 Å². The quantitative estimate of drug-likeness (QED) is 0.454. The van der Waals surface area contributed by atoms with Crippen LogP contribution in [0.15, 0.2) is 48.5 Å². The SMILES string of the molecule is Cc1cccc(N(CCCC(=O)N(Cc2ccc(Cl)cc2)C(C)C(=O)NC2CCCC2)S(C)(=O)=O)c1. The maximum Gasteiger partial charge on any atom is 0.242 e. The molecule has 0 aliphatic heterocycles. The van der Waals surface area contributed by atoms with Crippen molar-refractivity contribution in [1.82, 2.24) is 10.2 Å². The minimum atomic E-state index is -3.52. The van der Waals surface area contributed by atoms with E-state index in [1.54, 1.807) is 30.0 Å². The van der Waals surface area contributed by atoms with Crippen molar-refractivity contribution in [1.29, 1.82) is 0 Å². The number of benzene rings is 2. The topological polar surface area (TPSA) is 86.8 Å². The first-order valence-electron chi connectivity index (χ1n) is 12.4. The predicted octanol–water partition coefficient (Wildman–Crippen LogP) is 4.67. The number of halogens is 1. The number of nitrogens with zero attached hydrogens (tertiary/aromatic N) is 2. The van der Waals surface area contributed by atoms with E-state index in [1.165, 1.54) is 10.6 Å². The Bertz CT molecular complexity index is 1150. The van der Waals surface area contributed by atoms with Crippen molar-refractivity contribution in [2.75, 3.05) is 17.1 Å². The fourth-order valence-corrected chi connectivity index (χ4v) is 5.63. The van der Waals surface area contributed by atoms with Crippen LogP contribution in [0.2, 0.25) is 5.02 Å². The predicted molar refractivity (Wildman–Crippen MR) is 144 cm³/mol. The molecule has 7 nitrogen and oxygen atoms in total. The standard InChI is InChI=1S/C27H36ClN3O4S/c1-20-8-6-11-25(18-20)31(36(3,34)35)17-7-12-26(32)30(19-22-13-15-23(28)16-14-22)21(2)27(33)29-24-9-4-5-10-24/h6,8,11,13-16,18,21,24H,4-5,7,9-10,12,17,19H2,1-3H3,(H,29,33). The smallest absolute Gasteiger partial charge is 0.242 e. The summed E-state index contributed by atoms with van der Waals surface area (Å²) >= 11 is 6.02. The number of hydrogen-bond donors (Lipinski definition) is 1. The van der Waals surface area contributed by atoms with E-state index in [0.717, 1.165) is 36.8 Å². The second-order valence-electron chi connectivity index (χ2n) is 9.59. The number of sulfonamides is 1. The van der Waals surface area contributed by atoms with E-state index >= 15 is 0 Å². The van der Waals surface area contributed by atoms with Gasteiger partial charge in [0.15, 0.2) is 0 Å². The molecule has 3 rings (SSSR count). The van der Waals surface area contributed by atoms with E-state index in [9.17, 15) is 18.0 Å². The molecule has 2 aromatic carbocycles.